The summed E-state index contributed by atoms with van der Waals surface area (Å²) >= 11 is 0. The molecule has 1 amide bonds. The Morgan fingerprint density at radius 3 is 2.28 bits per heavy atom. The van der Waals surface area contributed by atoms with Crippen molar-refractivity contribution in [3.63, 3.8) is 0 Å². The lowest BCUT2D eigenvalue weighted by Gasteiger charge is -2.57. The first-order valence-electron chi connectivity index (χ1n) is 9.94. The Labute approximate surface area is 152 Å². The van der Waals surface area contributed by atoms with Crippen LogP contribution in [0.2, 0.25) is 0 Å². The largest absolute Gasteiger partial charge is 0.444 e. The summed E-state index contributed by atoms with van der Waals surface area (Å²) in [5.74, 6) is 0. The summed E-state index contributed by atoms with van der Waals surface area (Å²) < 4.78 is 5.56. The number of piperazine rings is 1. The van der Waals surface area contributed by atoms with Crippen molar-refractivity contribution in [2.24, 2.45) is 5.73 Å². The normalized spacial score (nSPS) is 30.0. The first-order valence-corrected chi connectivity index (χ1v) is 9.94. The number of carbonyl (C=O) groups excluding carboxylic acids is 1. The van der Waals surface area contributed by atoms with Gasteiger partial charge in [0.15, 0.2) is 0 Å². The van der Waals surface area contributed by atoms with Crippen molar-refractivity contribution in [1.29, 1.82) is 0 Å². The second kappa shape index (κ2) is 7.05. The maximum Gasteiger partial charge on any atom is 0.410 e. The number of nitrogens with two attached hydrogens (primary N) is 1. The van der Waals surface area contributed by atoms with E-state index in [1.807, 2.05) is 25.7 Å². The summed E-state index contributed by atoms with van der Waals surface area (Å²) in [5, 5.41) is 0. The lowest BCUT2D eigenvalue weighted by Crippen LogP contribution is -2.72. The first kappa shape index (κ1) is 18.9. The molecule has 0 aromatic rings. The van der Waals surface area contributed by atoms with Gasteiger partial charge in [0.25, 0.3) is 0 Å². The van der Waals surface area contributed by atoms with E-state index in [-0.39, 0.29) is 11.6 Å². The minimum Gasteiger partial charge on any atom is -0.444 e. The molecule has 0 radical (unpaired) electrons. The quantitative estimate of drug-likeness (QED) is 0.837. The third-order valence-electron chi connectivity index (χ3n) is 5.80. The molecule has 2 bridgehead atoms. The average Bonchev–Trinajstić information content (AvgIpc) is 2.48. The van der Waals surface area contributed by atoms with Crippen LogP contribution in [0.5, 0.6) is 0 Å². The number of carbonyl (C=O) groups is 1. The zero-order valence-corrected chi connectivity index (χ0v) is 16.5. The van der Waals surface area contributed by atoms with Gasteiger partial charge in [0.2, 0.25) is 0 Å². The van der Waals surface area contributed by atoms with Gasteiger partial charge in [0.05, 0.1) is 12.1 Å². The SMILES string of the molecule is CCCN1CCC(N)(CN2CC3CC(C2)N3C(=O)OC(C)(C)C)CC1. The van der Waals surface area contributed by atoms with Crippen LogP contribution in [0.3, 0.4) is 0 Å². The van der Waals surface area contributed by atoms with Crippen LogP contribution >= 0.6 is 0 Å². The van der Waals surface area contributed by atoms with Gasteiger partial charge in [-0.2, -0.15) is 0 Å². The van der Waals surface area contributed by atoms with E-state index in [0.717, 1.165) is 52.0 Å². The van der Waals surface area contributed by atoms with Crippen molar-refractivity contribution in [3.05, 3.63) is 0 Å². The van der Waals surface area contributed by atoms with Crippen molar-refractivity contribution < 1.29 is 9.53 Å². The van der Waals surface area contributed by atoms with E-state index < -0.39 is 5.60 Å². The average molecular weight is 353 g/mol. The Bertz CT molecular complexity index is 470. The molecule has 4 aliphatic heterocycles. The Morgan fingerprint density at radius 1 is 1.16 bits per heavy atom. The smallest absolute Gasteiger partial charge is 0.410 e. The molecule has 0 spiro atoms. The van der Waals surface area contributed by atoms with Gasteiger partial charge in [-0.05, 0) is 66.1 Å². The minimum absolute atomic E-state index is 0.0647. The van der Waals surface area contributed by atoms with Gasteiger partial charge in [-0.15, -0.1) is 0 Å². The maximum atomic E-state index is 12.4. The molecular weight excluding hydrogens is 316 g/mol. The van der Waals surface area contributed by atoms with Gasteiger partial charge in [-0.25, -0.2) is 4.79 Å². The van der Waals surface area contributed by atoms with E-state index in [2.05, 4.69) is 16.7 Å². The van der Waals surface area contributed by atoms with Gasteiger partial charge in [0.1, 0.15) is 5.60 Å². The number of nitrogens with zero attached hydrogens (tertiary/aromatic N) is 3. The molecule has 0 aromatic heterocycles. The Kier molecular flexibility index (Phi) is 5.33. The summed E-state index contributed by atoms with van der Waals surface area (Å²) in [7, 11) is 0. The highest BCUT2D eigenvalue weighted by Gasteiger charge is 2.49. The Morgan fingerprint density at radius 2 is 1.76 bits per heavy atom. The standard InChI is InChI=1S/C19H36N4O2/c1-5-8-21-9-6-19(20,7-10-21)14-22-12-15-11-16(13-22)23(15)17(24)25-18(2,3)4/h15-16H,5-14,20H2,1-4H3. The monoisotopic (exact) mass is 352 g/mol. The fourth-order valence-corrected chi connectivity index (χ4v) is 4.58. The van der Waals surface area contributed by atoms with Gasteiger partial charge in [0, 0.05) is 25.2 Å². The van der Waals surface area contributed by atoms with Gasteiger partial charge >= 0.3 is 6.09 Å². The molecule has 2 unspecified atom stereocenters. The topological polar surface area (TPSA) is 62.0 Å². The molecule has 6 heteroatoms. The molecule has 2 atom stereocenters. The molecular formula is C19H36N4O2. The third kappa shape index (κ3) is 4.47. The fraction of sp³-hybridized carbons (Fsp3) is 0.947. The van der Waals surface area contributed by atoms with Gasteiger partial charge in [-0.1, -0.05) is 6.92 Å². The van der Waals surface area contributed by atoms with Crippen molar-refractivity contribution in [2.45, 2.75) is 76.6 Å². The number of hydrogen-bond acceptors (Lipinski definition) is 5. The molecule has 0 aliphatic carbocycles. The highest BCUT2D eigenvalue weighted by Crippen LogP contribution is 2.35. The number of hydrogen-bond donors (Lipinski definition) is 1. The summed E-state index contributed by atoms with van der Waals surface area (Å²) in [6.07, 6.45) is 4.33. The number of piperidine rings is 2. The summed E-state index contributed by atoms with van der Waals surface area (Å²) in [6.45, 7) is 14.3. The highest BCUT2D eigenvalue weighted by atomic mass is 16.6. The van der Waals surface area contributed by atoms with Crippen LogP contribution in [-0.4, -0.2) is 83.3 Å². The van der Waals surface area contributed by atoms with Crippen LogP contribution in [0, 0.1) is 0 Å². The predicted molar refractivity (Wildman–Crippen MR) is 99.6 cm³/mol. The molecule has 4 saturated heterocycles. The van der Waals surface area contributed by atoms with E-state index in [1.165, 1.54) is 13.0 Å². The molecule has 0 saturated carbocycles. The van der Waals surface area contributed by atoms with Crippen molar-refractivity contribution in [1.82, 2.24) is 14.7 Å². The van der Waals surface area contributed by atoms with Crippen LogP contribution in [-0.2, 0) is 4.74 Å². The molecule has 0 aromatic carbocycles. The number of ether oxygens (including phenoxy) is 1. The fourth-order valence-electron chi connectivity index (χ4n) is 4.58. The van der Waals surface area contributed by atoms with Crippen LogP contribution in [0.25, 0.3) is 0 Å². The van der Waals surface area contributed by atoms with Crippen molar-refractivity contribution in [2.75, 3.05) is 39.3 Å². The van der Waals surface area contributed by atoms with E-state index in [0.29, 0.717) is 12.1 Å². The van der Waals surface area contributed by atoms with Crippen LogP contribution in [0.1, 0.15) is 53.4 Å². The highest BCUT2D eigenvalue weighted by molar-refractivity contribution is 5.70. The minimum atomic E-state index is -0.422. The number of rotatable bonds is 4. The van der Waals surface area contributed by atoms with E-state index in [1.54, 1.807) is 0 Å². The first-order chi connectivity index (χ1) is 11.7. The molecule has 25 heavy (non-hydrogen) atoms. The number of amides is 1. The van der Waals surface area contributed by atoms with E-state index in [9.17, 15) is 4.79 Å². The second-order valence-electron chi connectivity index (χ2n) is 9.33. The molecule has 6 nitrogen and oxygen atoms in total. The van der Waals surface area contributed by atoms with Gasteiger partial charge in [-0.3, -0.25) is 9.80 Å². The predicted octanol–water partition coefficient (Wildman–Crippen LogP) is 1.88. The lowest BCUT2D eigenvalue weighted by atomic mass is 9.84. The van der Waals surface area contributed by atoms with E-state index in [4.69, 9.17) is 10.5 Å². The Hall–Kier alpha value is -0.850. The third-order valence-corrected chi connectivity index (χ3v) is 5.80. The Balaban J connectivity index is 1.48. The lowest BCUT2D eigenvalue weighted by molar-refractivity contribution is -0.0813. The van der Waals surface area contributed by atoms with E-state index >= 15 is 0 Å². The molecule has 2 N–H and O–H groups in total. The van der Waals surface area contributed by atoms with Crippen LogP contribution in [0.4, 0.5) is 4.79 Å². The molecule has 4 rings (SSSR count). The number of fused-ring (bicyclic) bond motifs is 2. The summed E-state index contributed by atoms with van der Waals surface area (Å²) in [6, 6.07) is 0.606. The zero-order valence-electron chi connectivity index (χ0n) is 16.5. The molecule has 144 valence electrons. The molecule has 4 fully saturated rings. The second-order valence-corrected chi connectivity index (χ2v) is 9.33. The van der Waals surface area contributed by atoms with Crippen molar-refractivity contribution in [3.8, 4) is 0 Å². The summed E-state index contributed by atoms with van der Waals surface area (Å²) in [5.41, 5.74) is 6.23. The summed E-state index contributed by atoms with van der Waals surface area (Å²) in [4.78, 5) is 19.3. The zero-order chi connectivity index (χ0) is 18.2. The van der Waals surface area contributed by atoms with Crippen LogP contribution < -0.4 is 5.73 Å². The molecule has 4 heterocycles. The van der Waals surface area contributed by atoms with Crippen molar-refractivity contribution >= 4 is 6.09 Å². The maximum absolute atomic E-state index is 12.4. The number of likely N-dealkylation sites (tertiary alicyclic amines) is 1. The van der Waals surface area contributed by atoms with Crippen LogP contribution in [0.15, 0.2) is 0 Å². The van der Waals surface area contributed by atoms with Gasteiger partial charge < -0.3 is 15.4 Å². The molecule has 4 aliphatic rings.